The lowest BCUT2D eigenvalue weighted by Gasteiger charge is -2.47. The summed E-state index contributed by atoms with van der Waals surface area (Å²) in [5, 5.41) is 0.644. The molecule has 35 heavy (non-hydrogen) atoms. The lowest BCUT2D eigenvalue weighted by atomic mass is 9.81. The maximum atomic E-state index is 12.7. The fraction of sp³-hybridized carbons (Fsp3) is 0.321. The van der Waals surface area contributed by atoms with Crippen molar-refractivity contribution in [1.29, 1.82) is 0 Å². The summed E-state index contributed by atoms with van der Waals surface area (Å²) in [5.41, 5.74) is 1.53. The summed E-state index contributed by atoms with van der Waals surface area (Å²) < 4.78 is 18.5. The molecule has 3 atom stereocenters. The fourth-order valence-electron chi connectivity index (χ4n) is 4.34. The topological polar surface area (TPSA) is 48.0 Å². The first-order valence-corrected chi connectivity index (χ1v) is 12.5. The van der Waals surface area contributed by atoms with Gasteiger partial charge in [0.2, 0.25) is 0 Å². The molecule has 1 heterocycles. The molecule has 3 aromatic rings. The molecule has 0 saturated carbocycles. The van der Waals surface area contributed by atoms with Crippen LogP contribution in [0.25, 0.3) is 0 Å². The zero-order chi connectivity index (χ0) is 24.7. The number of carbonyl (C=O) groups excluding carboxylic acids is 1. The van der Waals surface area contributed by atoms with Crippen LogP contribution in [0.5, 0.6) is 0 Å². The zero-order valence-corrected chi connectivity index (χ0v) is 21.1. The first-order valence-electron chi connectivity index (χ1n) is 11.7. The van der Waals surface area contributed by atoms with Crippen molar-refractivity contribution in [2.24, 2.45) is 0 Å². The highest BCUT2D eigenvalue weighted by Crippen LogP contribution is 2.40. The van der Waals surface area contributed by atoms with Gasteiger partial charge in [0.1, 0.15) is 11.7 Å². The number of amides is 1. The standard InChI is InChI=1S/C28H29Cl2NO4/c1-21(29)35-27(32)31-17-16-28(24-12-14-25(30)15-13-24,34-20-23-10-6-3-7-11-23)26(18-31)33-19-22-8-4-2-5-9-22/h2-15,21,26H,16-20H2,1H3. The molecule has 3 aromatic carbocycles. The zero-order valence-electron chi connectivity index (χ0n) is 19.6. The molecule has 4 rings (SSSR count). The predicted octanol–water partition coefficient (Wildman–Crippen LogP) is 6.76. The van der Waals surface area contributed by atoms with Crippen molar-refractivity contribution < 1.29 is 19.0 Å². The molecule has 5 nitrogen and oxygen atoms in total. The summed E-state index contributed by atoms with van der Waals surface area (Å²) in [4.78, 5) is 14.3. The summed E-state index contributed by atoms with van der Waals surface area (Å²) in [6.45, 7) is 3.13. The lowest BCUT2D eigenvalue weighted by molar-refractivity contribution is -0.190. The Bertz CT molecular complexity index is 1080. The smallest absolute Gasteiger partial charge is 0.411 e. The van der Waals surface area contributed by atoms with E-state index in [0.717, 1.165) is 16.7 Å². The fourth-order valence-corrected chi connectivity index (χ4v) is 4.54. The van der Waals surface area contributed by atoms with Crippen LogP contribution >= 0.6 is 23.2 Å². The number of benzene rings is 3. The Labute approximate surface area is 216 Å². The van der Waals surface area contributed by atoms with Gasteiger partial charge >= 0.3 is 6.09 Å². The highest BCUT2D eigenvalue weighted by Gasteiger charge is 2.48. The molecule has 1 amide bonds. The van der Waals surface area contributed by atoms with Crippen LogP contribution in [0.1, 0.15) is 30.0 Å². The third kappa shape index (κ3) is 6.56. The minimum atomic E-state index is -0.793. The van der Waals surface area contributed by atoms with Gasteiger partial charge in [0, 0.05) is 18.0 Å². The van der Waals surface area contributed by atoms with Gasteiger partial charge in [0.15, 0.2) is 5.56 Å². The highest BCUT2D eigenvalue weighted by molar-refractivity contribution is 6.30. The third-order valence-electron chi connectivity index (χ3n) is 6.15. The van der Waals surface area contributed by atoms with Gasteiger partial charge in [-0.25, -0.2) is 4.79 Å². The molecule has 0 aliphatic carbocycles. The van der Waals surface area contributed by atoms with Crippen LogP contribution in [0, 0.1) is 0 Å². The minimum absolute atomic E-state index is 0.298. The van der Waals surface area contributed by atoms with Crippen LogP contribution in [-0.4, -0.2) is 35.7 Å². The monoisotopic (exact) mass is 513 g/mol. The third-order valence-corrected chi connectivity index (χ3v) is 6.49. The van der Waals surface area contributed by atoms with E-state index in [-0.39, 0.29) is 0 Å². The maximum absolute atomic E-state index is 12.7. The molecule has 1 saturated heterocycles. The molecular formula is C28H29Cl2NO4. The molecule has 7 heteroatoms. The SMILES string of the molecule is CC(Cl)OC(=O)N1CCC(OCc2ccccc2)(c2ccc(Cl)cc2)C(OCc2ccccc2)C1. The number of nitrogens with zero attached hydrogens (tertiary/aromatic N) is 1. The van der Waals surface area contributed by atoms with Crippen molar-refractivity contribution in [3.8, 4) is 0 Å². The van der Waals surface area contributed by atoms with Crippen LogP contribution in [0.15, 0.2) is 84.9 Å². The molecule has 0 bridgehead atoms. The van der Waals surface area contributed by atoms with Crippen LogP contribution < -0.4 is 0 Å². The second-order valence-electron chi connectivity index (χ2n) is 8.58. The maximum Gasteiger partial charge on any atom is 0.411 e. The molecule has 1 aliphatic heterocycles. The van der Waals surface area contributed by atoms with Crippen LogP contribution in [0.3, 0.4) is 0 Å². The summed E-state index contributed by atoms with van der Waals surface area (Å²) in [6, 6.07) is 27.6. The van der Waals surface area contributed by atoms with Gasteiger partial charge in [-0.1, -0.05) is 96.0 Å². The van der Waals surface area contributed by atoms with E-state index >= 15 is 0 Å². The number of rotatable bonds is 8. The van der Waals surface area contributed by atoms with Crippen LogP contribution in [0.2, 0.25) is 5.02 Å². The van der Waals surface area contributed by atoms with Crippen molar-refractivity contribution in [1.82, 2.24) is 4.90 Å². The van der Waals surface area contributed by atoms with E-state index in [1.165, 1.54) is 0 Å². The summed E-state index contributed by atoms with van der Waals surface area (Å²) >= 11 is 12.1. The number of hydrogen-bond donors (Lipinski definition) is 0. The predicted molar refractivity (Wildman–Crippen MR) is 137 cm³/mol. The first kappa shape index (κ1) is 25.5. The van der Waals surface area contributed by atoms with E-state index in [0.29, 0.717) is 37.7 Å². The number of alkyl halides is 1. The van der Waals surface area contributed by atoms with Gasteiger partial charge in [-0.15, -0.1) is 0 Å². The lowest BCUT2D eigenvalue weighted by Crippen LogP contribution is -2.57. The molecule has 1 fully saturated rings. The van der Waals surface area contributed by atoms with E-state index in [9.17, 15) is 4.79 Å². The Morgan fingerprint density at radius 1 is 0.971 bits per heavy atom. The number of ether oxygens (including phenoxy) is 3. The Kier molecular flexibility index (Phi) is 8.69. The van der Waals surface area contributed by atoms with Crippen LogP contribution in [0.4, 0.5) is 4.79 Å². The number of likely N-dealkylation sites (tertiary alicyclic amines) is 1. The van der Waals surface area contributed by atoms with Crippen molar-refractivity contribution in [3.05, 3.63) is 107 Å². The van der Waals surface area contributed by atoms with E-state index in [1.807, 2.05) is 84.9 Å². The molecule has 3 unspecified atom stereocenters. The Balaban J connectivity index is 1.66. The van der Waals surface area contributed by atoms with E-state index in [4.69, 9.17) is 37.4 Å². The van der Waals surface area contributed by atoms with Gasteiger partial charge in [-0.05, 0) is 35.7 Å². The summed E-state index contributed by atoms with van der Waals surface area (Å²) in [7, 11) is 0. The van der Waals surface area contributed by atoms with Crippen molar-refractivity contribution in [3.63, 3.8) is 0 Å². The molecular weight excluding hydrogens is 485 g/mol. The van der Waals surface area contributed by atoms with Gasteiger partial charge in [-0.3, -0.25) is 0 Å². The van der Waals surface area contributed by atoms with E-state index < -0.39 is 23.4 Å². The number of halogens is 2. The molecule has 184 valence electrons. The van der Waals surface area contributed by atoms with Gasteiger partial charge in [-0.2, -0.15) is 0 Å². The van der Waals surface area contributed by atoms with Crippen LogP contribution in [-0.2, 0) is 33.0 Å². The molecule has 0 N–H and O–H groups in total. The average Bonchev–Trinajstić information content (AvgIpc) is 2.88. The Morgan fingerprint density at radius 2 is 1.57 bits per heavy atom. The average molecular weight is 514 g/mol. The summed E-state index contributed by atoms with van der Waals surface area (Å²) in [5.74, 6) is 0. The van der Waals surface area contributed by atoms with Gasteiger partial charge in [0.25, 0.3) is 0 Å². The Hall–Kier alpha value is -2.57. The normalized spacial score (nSPS) is 20.9. The molecule has 1 aliphatic rings. The first-order chi connectivity index (χ1) is 17.0. The molecule has 0 spiro atoms. The van der Waals surface area contributed by atoms with Gasteiger partial charge in [0.05, 0.1) is 19.8 Å². The number of piperidine rings is 1. The minimum Gasteiger partial charge on any atom is -0.430 e. The van der Waals surface area contributed by atoms with Crippen molar-refractivity contribution >= 4 is 29.3 Å². The molecule has 0 aromatic heterocycles. The van der Waals surface area contributed by atoms with Crippen molar-refractivity contribution in [2.75, 3.05) is 13.1 Å². The van der Waals surface area contributed by atoms with Crippen molar-refractivity contribution in [2.45, 2.75) is 43.8 Å². The second kappa shape index (κ2) is 11.9. The Morgan fingerprint density at radius 3 is 2.17 bits per heavy atom. The number of hydrogen-bond acceptors (Lipinski definition) is 4. The van der Waals surface area contributed by atoms with E-state index in [1.54, 1.807) is 11.8 Å². The quantitative estimate of drug-likeness (QED) is 0.312. The van der Waals surface area contributed by atoms with Gasteiger partial charge < -0.3 is 19.1 Å². The largest absolute Gasteiger partial charge is 0.430 e. The second-order valence-corrected chi connectivity index (χ2v) is 9.63. The molecule has 0 radical (unpaired) electrons. The number of carbonyl (C=O) groups is 1. The van der Waals surface area contributed by atoms with E-state index in [2.05, 4.69) is 0 Å². The highest BCUT2D eigenvalue weighted by atomic mass is 35.5. The summed E-state index contributed by atoms with van der Waals surface area (Å²) in [6.07, 6.45) is -0.403.